The summed E-state index contributed by atoms with van der Waals surface area (Å²) >= 11 is 1.22. The molecule has 25 heavy (non-hydrogen) atoms. The van der Waals surface area contributed by atoms with Crippen molar-refractivity contribution in [3.05, 3.63) is 48.1 Å². The molecule has 3 aromatic rings. The average Bonchev–Trinajstić information content (AvgIpc) is 3.36. The van der Waals surface area contributed by atoms with Gasteiger partial charge in [0.05, 0.1) is 11.4 Å². The summed E-state index contributed by atoms with van der Waals surface area (Å²) in [6.07, 6.45) is 4.30. The fraction of sp³-hybridized carbons (Fsp3) is 0.250. The van der Waals surface area contributed by atoms with Crippen LogP contribution in [0.1, 0.15) is 6.42 Å². The van der Waals surface area contributed by atoms with E-state index in [2.05, 4.69) is 19.7 Å². The summed E-state index contributed by atoms with van der Waals surface area (Å²) < 4.78 is 27.8. The molecule has 0 bridgehead atoms. The predicted octanol–water partition coefficient (Wildman–Crippen LogP) is 2.09. The van der Waals surface area contributed by atoms with E-state index in [0.29, 0.717) is 23.2 Å². The Hall–Kier alpha value is -2.23. The van der Waals surface area contributed by atoms with Gasteiger partial charge in [0.25, 0.3) is 0 Å². The normalized spacial score (nSPS) is 17.9. The number of H-pyrrole nitrogens is 1. The molecular weight excluding hydrogens is 358 g/mol. The molecule has 4 heterocycles. The van der Waals surface area contributed by atoms with Crippen molar-refractivity contribution in [1.29, 1.82) is 0 Å². The third kappa shape index (κ3) is 3.44. The van der Waals surface area contributed by atoms with Crippen LogP contribution in [-0.4, -0.2) is 42.5 Å². The zero-order valence-electron chi connectivity index (χ0n) is 13.3. The minimum atomic E-state index is -3.45. The van der Waals surface area contributed by atoms with Gasteiger partial charge in [-0.05, 0) is 36.1 Å². The predicted molar refractivity (Wildman–Crippen MR) is 97.1 cm³/mol. The highest BCUT2D eigenvalue weighted by Crippen LogP contribution is 2.22. The Labute approximate surface area is 149 Å². The van der Waals surface area contributed by atoms with Gasteiger partial charge in [0, 0.05) is 31.5 Å². The molecular formula is C16H17N5O2S2. The summed E-state index contributed by atoms with van der Waals surface area (Å²) in [5.41, 5.74) is 1.75. The zero-order chi connectivity index (χ0) is 17.3. The number of hydrogen-bond donors (Lipinski definition) is 2. The first kappa shape index (κ1) is 16.2. The van der Waals surface area contributed by atoms with Gasteiger partial charge in [-0.15, -0.1) is 11.3 Å². The first-order valence-electron chi connectivity index (χ1n) is 7.89. The van der Waals surface area contributed by atoms with E-state index in [4.69, 9.17) is 0 Å². The highest BCUT2D eigenvalue weighted by Gasteiger charge is 2.29. The van der Waals surface area contributed by atoms with Gasteiger partial charge in [0.15, 0.2) is 0 Å². The van der Waals surface area contributed by atoms with Crippen molar-refractivity contribution in [2.75, 3.05) is 18.0 Å². The lowest BCUT2D eigenvalue weighted by molar-refractivity contribution is 0.563. The molecule has 4 rings (SSSR count). The Bertz CT molecular complexity index is 939. The maximum absolute atomic E-state index is 12.3. The first-order valence-corrected chi connectivity index (χ1v) is 10.3. The third-order valence-electron chi connectivity index (χ3n) is 4.07. The minimum Gasteiger partial charge on any atom is -0.360 e. The fourth-order valence-electron chi connectivity index (χ4n) is 2.87. The van der Waals surface area contributed by atoms with Crippen molar-refractivity contribution in [3.63, 3.8) is 0 Å². The lowest BCUT2D eigenvalue weighted by Crippen LogP contribution is -2.37. The molecule has 3 aromatic heterocycles. The summed E-state index contributed by atoms with van der Waals surface area (Å²) in [4.78, 5) is 14.1. The van der Waals surface area contributed by atoms with E-state index in [1.165, 1.54) is 11.3 Å². The molecule has 0 saturated carbocycles. The Morgan fingerprint density at radius 3 is 2.96 bits per heavy atom. The van der Waals surface area contributed by atoms with Crippen LogP contribution in [0.25, 0.3) is 11.4 Å². The second-order valence-corrected chi connectivity index (χ2v) is 8.70. The Morgan fingerprint density at radius 2 is 2.20 bits per heavy atom. The molecule has 0 spiro atoms. The van der Waals surface area contributed by atoms with Gasteiger partial charge in [-0.2, -0.15) is 0 Å². The van der Waals surface area contributed by atoms with Crippen LogP contribution in [0, 0.1) is 0 Å². The summed E-state index contributed by atoms with van der Waals surface area (Å²) in [5, 5.41) is 1.76. The fourth-order valence-corrected chi connectivity index (χ4v) is 5.14. The molecule has 1 atom stereocenters. The Kier molecular flexibility index (Phi) is 4.28. The van der Waals surface area contributed by atoms with Crippen LogP contribution in [-0.2, 0) is 10.0 Å². The van der Waals surface area contributed by atoms with Crippen molar-refractivity contribution in [1.82, 2.24) is 19.7 Å². The highest BCUT2D eigenvalue weighted by atomic mass is 32.2. The van der Waals surface area contributed by atoms with E-state index >= 15 is 0 Å². The molecule has 1 saturated heterocycles. The Balaban J connectivity index is 1.47. The third-order valence-corrected chi connectivity index (χ3v) is 6.99. The van der Waals surface area contributed by atoms with Crippen molar-refractivity contribution in [2.45, 2.75) is 16.7 Å². The molecule has 130 valence electrons. The van der Waals surface area contributed by atoms with Crippen molar-refractivity contribution in [2.24, 2.45) is 0 Å². The van der Waals surface area contributed by atoms with E-state index in [0.717, 1.165) is 17.8 Å². The van der Waals surface area contributed by atoms with Crippen LogP contribution in [0.4, 0.5) is 5.95 Å². The zero-order valence-corrected chi connectivity index (χ0v) is 14.9. The molecule has 0 aliphatic carbocycles. The van der Waals surface area contributed by atoms with Crippen LogP contribution in [0.5, 0.6) is 0 Å². The molecule has 1 fully saturated rings. The van der Waals surface area contributed by atoms with Gasteiger partial charge in [0.2, 0.25) is 16.0 Å². The van der Waals surface area contributed by atoms with Crippen molar-refractivity contribution in [3.8, 4) is 11.4 Å². The molecule has 0 amide bonds. The van der Waals surface area contributed by atoms with Crippen LogP contribution in [0.15, 0.2) is 52.3 Å². The summed E-state index contributed by atoms with van der Waals surface area (Å²) in [7, 11) is -3.45. The maximum Gasteiger partial charge on any atom is 0.250 e. The topological polar surface area (TPSA) is 91.0 Å². The van der Waals surface area contributed by atoms with E-state index in [1.54, 1.807) is 23.7 Å². The van der Waals surface area contributed by atoms with E-state index in [-0.39, 0.29) is 6.04 Å². The van der Waals surface area contributed by atoms with E-state index < -0.39 is 10.0 Å². The number of nitrogens with zero attached hydrogens (tertiary/aromatic N) is 3. The van der Waals surface area contributed by atoms with E-state index in [9.17, 15) is 8.42 Å². The lowest BCUT2D eigenvalue weighted by atomic mass is 10.3. The number of rotatable bonds is 5. The van der Waals surface area contributed by atoms with Gasteiger partial charge in [0.1, 0.15) is 4.21 Å². The molecule has 1 aliphatic heterocycles. The largest absolute Gasteiger partial charge is 0.360 e. The van der Waals surface area contributed by atoms with Crippen LogP contribution in [0.2, 0.25) is 0 Å². The minimum absolute atomic E-state index is 0.148. The number of thiophene rings is 1. The van der Waals surface area contributed by atoms with Gasteiger partial charge >= 0.3 is 0 Å². The smallest absolute Gasteiger partial charge is 0.250 e. The number of sulfonamides is 1. The molecule has 7 nitrogen and oxygen atoms in total. The number of anilines is 1. The Morgan fingerprint density at radius 1 is 1.28 bits per heavy atom. The lowest BCUT2D eigenvalue weighted by Gasteiger charge is -2.17. The standard InChI is InChI=1S/C16H17N5O2S2/c22-25(23,15-4-2-10-24-15)20-12-6-9-21(11-12)16-18-8-5-14(19-16)13-3-1-7-17-13/h1-5,7-8,10,12,17,20H,6,9,11H2. The average molecular weight is 375 g/mol. The number of aromatic amines is 1. The second-order valence-electron chi connectivity index (χ2n) is 5.81. The number of hydrogen-bond acceptors (Lipinski definition) is 6. The summed E-state index contributed by atoms with van der Waals surface area (Å²) in [5.74, 6) is 0.616. The van der Waals surface area contributed by atoms with Crippen molar-refractivity contribution < 1.29 is 8.42 Å². The summed E-state index contributed by atoms with van der Waals surface area (Å²) in [6, 6.07) is 8.92. The van der Waals surface area contributed by atoms with Crippen LogP contribution >= 0.6 is 11.3 Å². The molecule has 1 unspecified atom stereocenters. The van der Waals surface area contributed by atoms with Crippen molar-refractivity contribution >= 4 is 27.3 Å². The van der Waals surface area contributed by atoms with Gasteiger partial charge in [-0.3, -0.25) is 0 Å². The van der Waals surface area contributed by atoms with Crippen LogP contribution < -0.4 is 9.62 Å². The number of aromatic nitrogens is 3. The first-order chi connectivity index (χ1) is 12.1. The molecule has 9 heteroatoms. The molecule has 1 aliphatic rings. The molecule has 2 N–H and O–H groups in total. The highest BCUT2D eigenvalue weighted by molar-refractivity contribution is 7.91. The maximum atomic E-state index is 12.3. The SMILES string of the molecule is O=S(=O)(NC1CCN(c2nccc(-c3ccc[nH]3)n2)C1)c1cccs1. The van der Waals surface area contributed by atoms with E-state index in [1.807, 2.05) is 29.3 Å². The van der Waals surface area contributed by atoms with Gasteiger partial charge < -0.3 is 9.88 Å². The van der Waals surface area contributed by atoms with Gasteiger partial charge in [-0.1, -0.05) is 6.07 Å². The monoisotopic (exact) mass is 375 g/mol. The molecule has 0 aromatic carbocycles. The number of nitrogens with one attached hydrogen (secondary N) is 2. The quantitative estimate of drug-likeness (QED) is 0.713. The summed E-state index contributed by atoms with van der Waals surface area (Å²) in [6.45, 7) is 1.27. The van der Waals surface area contributed by atoms with Crippen LogP contribution in [0.3, 0.4) is 0 Å². The molecule has 0 radical (unpaired) electrons. The second kappa shape index (κ2) is 6.58. The van der Waals surface area contributed by atoms with Gasteiger partial charge in [-0.25, -0.2) is 23.1 Å².